The molecule has 3 rings (SSSR count). The SMILES string of the molecule is COc1ccc(CCCNC[C@H]2CNc3ccnn3C2)cc1OC. The molecular weight excluding hydrogens is 304 g/mol. The maximum atomic E-state index is 5.35. The molecule has 0 radical (unpaired) electrons. The zero-order valence-electron chi connectivity index (χ0n) is 14.4. The van der Waals surface area contributed by atoms with Crippen LogP contribution in [0, 0.1) is 5.92 Å². The van der Waals surface area contributed by atoms with E-state index in [1.807, 2.05) is 23.0 Å². The fourth-order valence-electron chi connectivity index (χ4n) is 3.08. The molecule has 1 atom stereocenters. The molecule has 0 aliphatic carbocycles. The van der Waals surface area contributed by atoms with Crippen LogP contribution in [0.5, 0.6) is 11.5 Å². The van der Waals surface area contributed by atoms with Gasteiger partial charge in [0, 0.05) is 31.6 Å². The zero-order valence-corrected chi connectivity index (χ0v) is 14.4. The van der Waals surface area contributed by atoms with Crippen LogP contribution in [-0.2, 0) is 13.0 Å². The molecule has 6 nitrogen and oxygen atoms in total. The van der Waals surface area contributed by atoms with Crippen LogP contribution in [0.4, 0.5) is 5.82 Å². The third-order valence-electron chi connectivity index (χ3n) is 4.42. The number of nitrogens with one attached hydrogen (secondary N) is 2. The molecule has 1 aliphatic heterocycles. The van der Waals surface area contributed by atoms with Crippen LogP contribution in [0.2, 0.25) is 0 Å². The number of aryl methyl sites for hydroxylation is 1. The summed E-state index contributed by atoms with van der Waals surface area (Å²) in [5.41, 5.74) is 1.27. The van der Waals surface area contributed by atoms with Crippen molar-refractivity contribution < 1.29 is 9.47 Å². The van der Waals surface area contributed by atoms with Crippen LogP contribution in [0.3, 0.4) is 0 Å². The van der Waals surface area contributed by atoms with Crippen LogP contribution in [-0.4, -0.2) is 43.6 Å². The van der Waals surface area contributed by atoms with Gasteiger partial charge < -0.3 is 20.1 Å². The first-order valence-corrected chi connectivity index (χ1v) is 8.47. The average Bonchev–Trinajstić information content (AvgIpc) is 3.09. The second-order valence-corrected chi connectivity index (χ2v) is 6.14. The average molecular weight is 330 g/mol. The minimum absolute atomic E-state index is 0.582. The van der Waals surface area contributed by atoms with Gasteiger partial charge in [0.05, 0.1) is 20.4 Å². The van der Waals surface area contributed by atoms with Gasteiger partial charge in [0.2, 0.25) is 0 Å². The molecule has 24 heavy (non-hydrogen) atoms. The van der Waals surface area contributed by atoms with Crippen molar-refractivity contribution in [1.82, 2.24) is 15.1 Å². The Kier molecular flexibility index (Phi) is 5.59. The van der Waals surface area contributed by atoms with Crippen molar-refractivity contribution in [3.05, 3.63) is 36.0 Å². The summed E-state index contributed by atoms with van der Waals surface area (Å²) >= 11 is 0. The van der Waals surface area contributed by atoms with Crippen LogP contribution < -0.4 is 20.1 Å². The monoisotopic (exact) mass is 330 g/mol. The highest BCUT2D eigenvalue weighted by molar-refractivity contribution is 5.42. The molecule has 0 saturated heterocycles. The number of fused-ring (bicyclic) bond motifs is 1. The van der Waals surface area contributed by atoms with Crippen molar-refractivity contribution in [3.63, 3.8) is 0 Å². The molecule has 2 N–H and O–H groups in total. The lowest BCUT2D eigenvalue weighted by Gasteiger charge is -2.25. The number of aromatic nitrogens is 2. The second kappa shape index (κ2) is 8.06. The van der Waals surface area contributed by atoms with Gasteiger partial charge in [-0.2, -0.15) is 5.10 Å². The summed E-state index contributed by atoms with van der Waals surface area (Å²) in [7, 11) is 3.33. The fourth-order valence-corrected chi connectivity index (χ4v) is 3.08. The molecule has 1 aromatic heterocycles. The smallest absolute Gasteiger partial charge is 0.160 e. The van der Waals surface area contributed by atoms with Crippen molar-refractivity contribution in [2.24, 2.45) is 5.92 Å². The Balaban J connectivity index is 1.37. The van der Waals surface area contributed by atoms with Crippen LogP contribution in [0.25, 0.3) is 0 Å². The standard InChI is InChI=1S/C18H26N4O2/c1-23-16-6-5-14(10-17(16)24-2)4-3-8-19-11-15-12-20-18-7-9-21-22(18)13-15/h5-7,9-10,15,19-20H,3-4,8,11-13H2,1-2H3/t15-/m0/s1. The highest BCUT2D eigenvalue weighted by Gasteiger charge is 2.17. The molecule has 0 saturated carbocycles. The van der Waals surface area contributed by atoms with Gasteiger partial charge in [-0.1, -0.05) is 6.07 Å². The predicted molar refractivity (Wildman–Crippen MR) is 94.9 cm³/mol. The van der Waals surface area contributed by atoms with Gasteiger partial charge in [-0.25, -0.2) is 4.68 Å². The van der Waals surface area contributed by atoms with E-state index in [0.717, 1.165) is 56.3 Å². The van der Waals surface area contributed by atoms with E-state index in [-0.39, 0.29) is 0 Å². The van der Waals surface area contributed by atoms with Crippen LogP contribution in [0.15, 0.2) is 30.5 Å². The van der Waals surface area contributed by atoms with Crippen molar-refractivity contribution in [1.29, 1.82) is 0 Å². The second-order valence-electron chi connectivity index (χ2n) is 6.14. The Labute approximate surface area is 143 Å². The summed E-state index contributed by atoms with van der Waals surface area (Å²) < 4.78 is 12.7. The van der Waals surface area contributed by atoms with Crippen LogP contribution >= 0.6 is 0 Å². The molecular formula is C18H26N4O2. The van der Waals surface area contributed by atoms with E-state index >= 15 is 0 Å². The fraction of sp³-hybridized carbons (Fsp3) is 0.500. The van der Waals surface area contributed by atoms with Crippen molar-refractivity contribution in [2.75, 3.05) is 39.2 Å². The van der Waals surface area contributed by atoms with E-state index in [9.17, 15) is 0 Å². The molecule has 2 aromatic rings. The molecule has 0 fully saturated rings. The number of nitrogens with zero attached hydrogens (tertiary/aromatic N) is 2. The Hall–Kier alpha value is -2.21. The quantitative estimate of drug-likeness (QED) is 0.727. The summed E-state index contributed by atoms with van der Waals surface area (Å²) in [6.07, 6.45) is 3.98. The van der Waals surface area contributed by atoms with Gasteiger partial charge in [-0.05, 0) is 37.1 Å². The minimum Gasteiger partial charge on any atom is -0.493 e. The Morgan fingerprint density at radius 1 is 1.25 bits per heavy atom. The minimum atomic E-state index is 0.582. The van der Waals surface area contributed by atoms with Crippen molar-refractivity contribution >= 4 is 5.82 Å². The Bertz CT molecular complexity index is 656. The molecule has 0 unspecified atom stereocenters. The van der Waals surface area contributed by atoms with Gasteiger partial charge >= 0.3 is 0 Å². The number of methoxy groups -OCH3 is 2. The summed E-state index contributed by atoms with van der Waals surface area (Å²) in [5, 5.41) is 11.3. The van der Waals surface area contributed by atoms with E-state index < -0.39 is 0 Å². The number of hydrogen-bond donors (Lipinski definition) is 2. The molecule has 2 heterocycles. The first-order valence-electron chi connectivity index (χ1n) is 8.47. The highest BCUT2D eigenvalue weighted by atomic mass is 16.5. The number of ether oxygens (including phenoxy) is 2. The van der Waals surface area contributed by atoms with E-state index in [4.69, 9.17) is 9.47 Å². The molecule has 130 valence electrons. The summed E-state index contributed by atoms with van der Waals surface area (Å²) in [4.78, 5) is 0. The van der Waals surface area contributed by atoms with E-state index in [0.29, 0.717) is 5.92 Å². The topological polar surface area (TPSA) is 60.3 Å². The van der Waals surface area contributed by atoms with Gasteiger partial charge in [0.25, 0.3) is 0 Å². The number of rotatable bonds is 8. The van der Waals surface area contributed by atoms with Gasteiger partial charge in [0.1, 0.15) is 5.82 Å². The largest absolute Gasteiger partial charge is 0.493 e. The lowest BCUT2D eigenvalue weighted by atomic mass is 10.1. The molecule has 0 amide bonds. The molecule has 0 bridgehead atoms. The van der Waals surface area contributed by atoms with Gasteiger partial charge in [-0.3, -0.25) is 0 Å². The lowest BCUT2D eigenvalue weighted by Crippen LogP contribution is -2.35. The van der Waals surface area contributed by atoms with Gasteiger partial charge in [-0.15, -0.1) is 0 Å². The maximum Gasteiger partial charge on any atom is 0.160 e. The summed E-state index contributed by atoms with van der Waals surface area (Å²) in [5.74, 6) is 3.28. The molecule has 0 spiro atoms. The maximum absolute atomic E-state index is 5.35. The first-order chi connectivity index (χ1) is 11.8. The Morgan fingerprint density at radius 2 is 2.12 bits per heavy atom. The molecule has 1 aliphatic rings. The zero-order chi connectivity index (χ0) is 16.8. The van der Waals surface area contributed by atoms with E-state index in [2.05, 4.69) is 27.9 Å². The van der Waals surface area contributed by atoms with Crippen LogP contribution in [0.1, 0.15) is 12.0 Å². The van der Waals surface area contributed by atoms with E-state index in [1.54, 1.807) is 14.2 Å². The third kappa shape index (κ3) is 4.00. The molecule has 1 aromatic carbocycles. The number of benzene rings is 1. The summed E-state index contributed by atoms with van der Waals surface area (Å²) in [6, 6.07) is 8.15. The Morgan fingerprint density at radius 3 is 2.96 bits per heavy atom. The number of anilines is 1. The van der Waals surface area contributed by atoms with Crippen molar-refractivity contribution in [2.45, 2.75) is 19.4 Å². The highest BCUT2D eigenvalue weighted by Crippen LogP contribution is 2.27. The predicted octanol–water partition coefficient (Wildman–Crippen LogP) is 2.16. The third-order valence-corrected chi connectivity index (χ3v) is 4.42. The molecule has 6 heteroatoms. The van der Waals surface area contributed by atoms with Gasteiger partial charge in [0.15, 0.2) is 11.5 Å². The summed E-state index contributed by atoms with van der Waals surface area (Å²) in [6.45, 7) is 4.02. The first kappa shape index (κ1) is 16.6. The normalized spacial score (nSPS) is 16.3. The van der Waals surface area contributed by atoms with Crippen molar-refractivity contribution in [3.8, 4) is 11.5 Å². The number of hydrogen-bond acceptors (Lipinski definition) is 5. The lowest BCUT2D eigenvalue weighted by molar-refractivity contribution is 0.354. The van der Waals surface area contributed by atoms with E-state index in [1.165, 1.54) is 5.56 Å².